The zero-order chi connectivity index (χ0) is 24.0. The molecule has 12 heteroatoms. The van der Waals surface area contributed by atoms with Crippen molar-refractivity contribution in [1.29, 1.82) is 0 Å². The summed E-state index contributed by atoms with van der Waals surface area (Å²) in [6.45, 7) is 2.15. The number of hydrogen-bond donors (Lipinski definition) is 2. The van der Waals surface area contributed by atoms with Crippen LogP contribution in [0.3, 0.4) is 0 Å². The molecule has 0 saturated heterocycles. The Labute approximate surface area is 186 Å². The molecule has 3 rings (SSSR count). The molecular weight excluding hydrogens is 443 g/mol. The summed E-state index contributed by atoms with van der Waals surface area (Å²) in [5.74, 6) is 0.417. The van der Waals surface area contributed by atoms with E-state index in [1.165, 1.54) is 0 Å². The molecule has 0 fully saturated rings. The molecule has 0 radical (unpaired) electrons. The lowest BCUT2D eigenvalue weighted by Gasteiger charge is -2.11. The Bertz CT molecular complexity index is 1130. The molecule has 0 aliphatic heterocycles. The van der Waals surface area contributed by atoms with Crippen LogP contribution < -0.4 is 10.6 Å². The Morgan fingerprint density at radius 3 is 2.55 bits per heavy atom. The number of nitrogens with zero attached hydrogens (tertiary/aromatic N) is 3. The first-order valence-electron chi connectivity index (χ1n) is 9.89. The van der Waals surface area contributed by atoms with Crippen LogP contribution in [0.4, 0.5) is 24.5 Å². The third-order valence-electron chi connectivity index (χ3n) is 4.63. The van der Waals surface area contributed by atoms with Crippen molar-refractivity contribution < 1.29 is 27.4 Å². The number of carbonyl (C=O) groups excluding carboxylic acids is 1. The minimum absolute atomic E-state index is 0.0725. The lowest BCUT2D eigenvalue weighted by molar-refractivity contribution is -0.384. The van der Waals surface area contributed by atoms with Crippen molar-refractivity contribution in [3.05, 3.63) is 69.6 Å². The molecule has 2 N–H and O–H groups in total. The van der Waals surface area contributed by atoms with Crippen molar-refractivity contribution in [2.75, 3.05) is 18.4 Å². The second kappa shape index (κ2) is 10.1. The first-order valence-corrected chi connectivity index (χ1v) is 9.89. The maximum absolute atomic E-state index is 12.8. The molecular formula is C21H20F3N5O4. The summed E-state index contributed by atoms with van der Waals surface area (Å²) in [5.41, 5.74) is 0.0123. The van der Waals surface area contributed by atoms with Gasteiger partial charge in [0, 0.05) is 37.6 Å². The van der Waals surface area contributed by atoms with Gasteiger partial charge in [-0.2, -0.15) is 18.2 Å². The van der Waals surface area contributed by atoms with Gasteiger partial charge in [0.05, 0.1) is 10.5 Å². The number of hydrogen-bond acceptors (Lipinski definition) is 7. The molecule has 0 spiro atoms. The molecule has 2 aromatic carbocycles. The quantitative estimate of drug-likeness (QED) is 0.278. The van der Waals surface area contributed by atoms with Gasteiger partial charge in [-0.3, -0.25) is 14.9 Å². The molecule has 0 bridgehead atoms. The zero-order valence-corrected chi connectivity index (χ0v) is 17.5. The fourth-order valence-corrected chi connectivity index (χ4v) is 2.89. The van der Waals surface area contributed by atoms with Crippen molar-refractivity contribution >= 4 is 17.3 Å². The molecule has 1 heterocycles. The van der Waals surface area contributed by atoms with Crippen molar-refractivity contribution in [2.24, 2.45) is 0 Å². The van der Waals surface area contributed by atoms with E-state index in [9.17, 15) is 28.1 Å². The molecule has 3 aromatic rings. The van der Waals surface area contributed by atoms with E-state index in [4.69, 9.17) is 4.52 Å². The van der Waals surface area contributed by atoms with Gasteiger partial charge >= 0.3 is 6.18 Å². The van der Waals surface area contributed by atoms with E-state index in [1.54, 1.807) is 0 Å². The van der Waals surface area contributed by atoms with E-state index in [1.807, 2.05) is 31.2 Å². The van der Waals surface area contributed by atoms with Gasteiger partial charge in [-0.15, -0.1) is 0 Å². The van der Waals surface area contributed by atoms with Crippen molar-refractivity contribution in [2.45, 2.75) is 25.9 Å². The zero-order valence-electron chi connectivity index (χ0n) is 17.5. The van der Waals surface area contributed by atoms with Crippen LogP contribution in [-0.2, 0) is 17.4 Å². The van der Waals surface area contributed by atoms with Gasteiger partial charge in [0.15, 0.2) is 0 Å². The lowest BCUT2D eigenvalue weighted by atomic mass is 10.1. The average molecular weight is 463 g/mol. The highest BCUT2D eigenvalue weighted by molar-refractivity contribution is 5.76. The smallest absolute Gasteiger partial charge is 0.378 e. The molecule has 1 aromatic heterocycles. The Hall–Kier alpha value is -3.96. The number of amides is 1. The summed E-state index contributed by atoms with van der Waals surface area (Å²) in [4.78, 5) is 26.4. The van der Waals surface area contributed by atoms with Gasteiger partial charge in [-0.25, -0.2) is 0 Å². The second-order valence-corrected chi connectivity index (χ2v) is 7.14. The topological polar surface area (TPSA) is 123 Å². The van der Waals surface area contributed by atoms with E-state index in [-0.39, 0.29) is 37.5 Å². The normalized spacial score (nSPS) is 11.3. The molecule has 0 atom stereocenters. The standard InChI is InChI=1S/C21H20F3N5O4/c1-13-2-4-14(5-3-13)20-27-19(33-28-20)9-8-18(30)26-11-10-25-16-7-6-15(21(22,23)24)12-17(16)29(31)32/h2-7,12,25H,8-11H2,1H3,(H,26,30). The first kappa shape index (κ1) is 23.7. The number of benzene rings is 2. The summed E-state index contributed by atoms with van der Waals surface area (Å²) in [7, 11) is 0. The Kier molecular flexibility index (Phi) is 7.26. The van der Waals surface area contributed by atoms with E-state index in [0.717, 1.165) is 23.3 Å². The maximum atomic E-state index is 12.8. The summed E-state index contributed by atoms with van der Waals surface area (Å²) < 4.78 is 43.4. The highest BCUT2D eigenvalue weighted by Crippen LogP contribution is 2.34. The fraction of sp³-hybridized carbons (Fsp3) is 0.286. The van der Waals surface area contributed by atoms with Crippen molar-refractivity contribution in [3.8, 4) is 11.4 Å². The van der Waals surface area contributed by atoms with Gasteiger partial charge in [-0.05, 0) is 19.1 Å². The third-order valence-corrected chi connectivity index (χ3v) is 4.63. The van der Waals surface area contributed by atoms with Gasteiger partial charge in [0.2, 0.25) is 17.6 Å². The highest BCUT2D eigenvalue weighted by Gasteiger charge is 2.33. The number of aryl methyl sites for hydroxylation is 2. The SMILES string of the molecule is Cc1ccc(-c2noc(CCC(=O)NCCNc3ccc(C(F)(F)F)cc3[N+](=O)[O-])n2)cc1. The number of nitro benzene ring substituents is 1. The number of nitrogens with one attached hydrogen (secondary N) is 2. The Morgan fingerprint density at radius 2 is 1.88 bits per heavy atom. The third kappa shape index (κ3) is 6.51. The lowest BCUT2D eigenvalue weighted by Crippen LogP contribution is -2.29. The molecule has 174 valence electrons. The summed E-state index contributed by atoms with van der Waals surface area (Å²) >= 11 is 0. The van der Waals surface area contributed by atoms with Crippen LogP contribution >= 0.6 is 0 Å². The minimum atomic E-state index is -4.68. The van der Waals surface area contributed by atoms with Crippen LogP contribution in [0.5, 0.6) is 0 Å². The summed E-state index contributed by atoms with van der Waals surface area (Å²) in [6, 6.07) is 9.79. The van der Waals surface area contributed by atoms with E-state index >= 15 is 0 Å². The first-order chi connectivity index (χ1) is 15.6. The number of anilines is 1. The molecule has 1 amide bonds. The molecule has 33 heavy (non-hydrogen) atoms. The van der Waals surface area contributed by atoms with Crippen LogP contribution in [0.25, 0.3) is 11.4 Å². The molecule has 9 nitrogen and oxygen atoms in total. The number of aromatic nitrogens is 2. The Morgan fingerprint density at radius 1 is 1.15 bits per heavy atom. The maximum Gasteiger partial charge on any atom is 0.416 e. The van der Waals surface area contributed by atoms with E-state index < -0.39 is 22.4 Å². The van der Waals surface area contributed by atoms with E-state index in [0.29, 0.717) is 17.8 Å². The van der Waals surface area contributed by atoms with Crippen LogP contribution in [0.1, 0.15) is 23.4 Å². The van der Waals surface area contributed by atoms with Crippen molar-refractivity contribution in [1.82, 2.24) is 15.5 Å². The number of halogens is 3. The number of nitro groups is 1. The predicted molar refractivity (Wildman–Crippen MR) is 112 cm³/mol. The monoisotopic (exact) mass is 463 g/mol. The molecule has 0 aliphatic rings. The van der Waals surface area contributed by atoms with E-state index in [2.05, 4.69) is 20.8 Å². The fourth-order valence-electron chi connectivity index (χ4n) is 2.89. The predicted octanol–water partition coefficient (Wildman–Crippen LogP) is 4.13. The van der Waals surface area contributed by atoms with Gasteiger partial charge in [-0.1, -0.05) is 35.0 Å². The summed E-state index contributed by atoms with van der Waals surface area (Å²) in [5, 5.41) is 20.2. The largest absolute Gasteiger partial charge is 0.416 e. The van der Waals surface area contributed by atoms with Crippen molar-refractivity contribution in [3.63, 3.8) is 0 Å². The van der Waals surface area contributed by atoms with Crippen LogP contribution in [0.2, 0.25) is 0 Å². The number of alkyl halides is 3. The van der Waals surface area contributed by atoms with Crippen LogP contribution in [0, 0.1) is 17.0 Å². The molecule has 0 aliphatic carbocycles. The second-order valence-electron chi connectivity index (χ2n) is 7.14. The van der Waals surface area contributed by atoms with Gasteiger partial charge < -0.3 is 15.2 Å². The highest BCUT2D eigenvalue weighted by atomic mass is 19.4. The summed E-state index contributed by atoms with van der Waals surface area (Å²) in [6.07, 6.45) is -4.38. The number of rotatable bonds is 9. The Balaban J connectivity index is 1.45. The van der Waals surface area contributed by atoms with Gasteiger partial charge in [0.1, 0.15) is 5.69 Å². The van der Waals surface area contributed by atoms with Crippen LogP contribution in [-0.4, -0.2) is 34.1 Å². The minimum Gasteiger partial charge on any atom is -0.378 e. The van der Waals surface area contributed by atoms with Crippen LogP contribution in [0.15, 0.2) is 47.0 Å². The number of carbonyl (C=O) groups is 1. The molecule has 0 saturated carbocycles. The average Bonchev–Trinajstić information content (AvgIpc) is 3.24. The van der Waals surface area contributed by atoms with Gasteiger partial charge in [0.25, 0.3) is 5.69 Å². The molecule has 0 unspecified atom stereocenters.